The fraction of sp³-hybridized carbons (Fsp3) is 0.643. The predicted octanol–water partition coefficient (Wildman–Crippen LogP) is 3.43. The van der Waals surface area contributed by atoms with E-state index in [1.807, 2.05) is 12.1 Å². The van der Waals surface area contributed by atoms with E-state index in [1.54, 1.807) is 6.20 Å². The average Bonchev–Trinajstić information content (AvgIpc) is 2.32. The Balaban J connectivity index is 1.82. The maximum atomic E-state index is 5.67. The summed E-state index contributed by atoms with van der Waals surface area (Å²) in [5, 5.41) is 3.56. The van der Waals surface area contributed by atoms with Gasteiger partial charge in [0.1, 0.15) is 5.82 Å². The maximum absolute atomic E-state index is 5.67. The van der Waals surface area contributed by atoms with E-state index in [0.717, 1.165) is 11.6 Å². The summed E-state index contributed by atoms with van der Waals surface area (Å²) in [6.07, 6.45) is 9.79. The number of hydrogen-bond donors (Lipinski definition) is 2. The Morgan fingerprint density at radius 1 is 1.35 bits per heavy atom. The van der Waals surface area contributed by atoms with Crippen molar-refractivity contribution in [3.63, 3.8) is 0 Å². The molecule has 3 N–H and O–H groups in total. The van der Waals surface area contributed by atoms with Gasteiger partial charge in [0.2, 0.25) is 0 Å². The summed E-state index contributed by atoms with van der Waals surface area (Å²) in [5.74, 6) is 1.55. The van der Waals surface area contributed by atoms with Crippen LogP contribution in [-0.4, -0.2) is 11.0 Å². The molecule has 1 saturated carbocycles. The van der Waals surface area contributed by atoms with E-state index < -0.39 is 0 Å². The Hall–Kier alpha value is -1.25. The van der Waals surface area contributed by atoms with Gasteiger partial charge in [-0.15, -0.1) is 0 Å². The lowest BCUT2D eigenvalue weighted by Gasteiger charge is -2.29. The zero-order valence-corrected chi connectivity index (χ0v) is 10.7. The van der Waals surface area contributed by atoms with E-state index in [0.29, 0.717) is 11.9 Å². The van der Waals surface area contributed by atoms with Crippen LogP contribution in [0.15, 0.2) is 18.3 Å². The minimum absolute atomic E-state index is 0.592. The molecule has 0 spiro atoms. The molecular formula is C14H23N3. The number of aromatic nitrogens is 1. The molecule has 0 aliphatic heterocycles. The fourth-order valence-corrected chi connectivity index (χ4v) is 2.78. The van der Waals surface area contributed by atoms with Crippen molar-refractivity contribution in [2.24, 2.45) is 5.92 Å². The van der Waals surface area contributed by atoms with Crippen molar-refractivity contribution in [1.82, 2.24) is 4.98 Å². The molecule has 0 radical (unpaired) electrons. The quantitative estimate of drug-likeness (QED) is 0.837. The third-order valence-corrected chi connectivity index (χ3v) is 3.70. The molecule has 0 aromatic carbocycles. The molecule has 0 amide bonds. The van der Waals surface area contributed by atoms with Crippen LogP contribution in [0.5, 0.6) is 0 Å². The van der Waals surface area contributed by atoms with E-state index in [1.165, 1.54) is 38.5 Å². The second-order valence-corrected chi connectivity index (χ2v) is 5.12. The van der Waals surface area contributed by atoms with Gasteiger partial charge < -0.3 is 11.1 Å². The van der Waals surface area contributed by atoms with Crippen LogP contribution in [0.2, 0.25) is 0 Å². The van der Waals surface area contributed by atoms with Crippen LogP contribution in [-0.2, 0) is 0 Å². The summed E-state index contributed by atoms with van der Waals surface area (Å²) in [7, 11) is 0. The second kappa shape index (κ2) is 5.89. The third-order valence-electron chi connectivity index (χ3n) is 3.70. The molecule has 2 rings (SSSR count). The molecule has 1 aliphatic rings. The van der Waals surface area contributed by atoms with Gasteiger partial charge in [0, 0.05) is 24.0 Å². The highest BCUT2D eigenvalue weighted by molar-refractivity contribution is 5.50. The normalized spacial score (nSPS) is 24.5. The van der Waals surface area contributed by atoms with E-state index in [-0.39, 0.29) is 0 Å². The minimum Gasteiger partial charge on any atom is -0.384 e. The number of hydrogen-bond acceptors (Lipinski definition) is 3. The highest BCUT2D eigenvalue weighted by Gasteiger charge is 2.20. The Morgan fingerprint density at radius 3 is 2.76 bits per heavy atom. The molecule has 94 valence electrons. The van der Waals surface area contributed by atoms with Crippen LogP contribution in [0.25, 0.3) is 0 Å². The number of nitrogens with two attached hydrogens (primary N) is 1. The summed E-state index contributed by atoms with van der Waals surface area (Å²) < 4.78 is 0. The summed E-state index contributed by atoms with van der Waals surface area (Å²) in [6.45, 7) is 2.28. The van der Waals surface area contributed by atoms with Gasteiger partial charge in [-0.1, -0.05) is 19.8 Å². The van der Waals surface area contributed by atoms with Crippen molar-refractivity contribution in [2.45, 2.75) is 51.5 Å². The number of nitrogens with zero attached hydrogens (tertiary/aromatic N) is 1. The standard InChI is InChI=1S/C14H23N3/c1-2-3-11-4-6-12(7-5-11)17-13-8-9-16-14(15)10-13/h8-12H,2-7H2,1H3,(H3,15,16,17). The molecule has 17 heavy (non-hydrogen) atoms. The first-order valence-corrected chi connectivity index (χ1v) is 6.76. The summed E-state index contributed by atoms with van der Waals surface area (Å²) in [6, 6.07) is 4.53. The summed E-state index contributed by atoms with van der Waals surface area (Å²) in [4.78, 5) is 4.01. The van der Waals surface area contributed by atoms with Gasteiger partial charge in [-0.25, -0.2) is 4.98 Å². The monoisotopic (exact) mass is 233 g/mol. The van der Waals surface area contributed by atoms with Gasteiger partial charge in [-0.3, -0.25) is 0 Å². The highest BCUT2D eigenvalue weighted by atomic mass is 14.9. The third kappa shape index (κ3) is 3.62. The van der Waals surface area contributed by atoms with E-state index in [4.69, 9.17) is 5.73 Å². The molecule has 3 heteroatoms. The molecule has 1 heterocycles. The van der Waals surface area contributed by atoms with Crippen LogP contribution in [0.1, 0.15) is 45.4 Å². The topological polar surface area (TPSA) is 50.9 Å². The molecule has 0 saturated heterocycles. The Morgan fingerprint density at radius 2 is 2.12 bits per heavy atom. The molecule has 1 fully saturated rings. The van der Waals surface area contributed by atoms with Gasteiger partial charge in [0.05, 0.1) is 0 Å². The van der Waals surface area contributed by atoms with Gasteiger partial charge in [-0.2, -0.15) is 0 Å². The van der Waals surface area contributed by atoms with Crippen LogP contribution in [0, 0.1) is 5.92 Å². The summed E-state index contributed by atoms with van der Waals surface area (Å²) in [5.41, 5.74) is 6.78. The van der Waals surface area contributed by atoms with Crippen molar-refractivity contribution < 1.29 is 0 Å². The predicted molar refractivity (Wildman–Crippen MR) is 72.9 cm³/mol. The fourth-order valence-electron chi connectivity index (χ4n) is 2.78. The second-order valence-electron chi connectivity index (χ2n) is 5.12. The lowest BCUT2D eigenvalue weighted by molar-refractivity contribution is 0.319. The SMILES string of the molecule is CCCC1CCC(Nc2ccnc(N)c2)CC1. The number of nitrogen functional groups attached to an aromatic ring is 1. The number of pyridine rings is 1. The van der Waals surface area contributed by atoms with Crippen molar-refractivity contribution in [1.29, 1.82) is 0 Å². The molecule has 1 aliphatic carbocycles. The largest absolute Gasteiger partial charge is 0.384 e. The van der Waals surface area contributed by atoms with Crippen molar-refractivity contribution >= 4 is 11.5 Å². The number of nitrogens with one attached hydrogen (secondary N) is 1. The number of rotatable bonds is 4. The molecule has 3 nitrogen and oxygen atoms in total. The zero-order valence-electron chi connectivity index (χ0n) is 10.7. The first-order valence-electron chi connectivity index (χ1n) is 6.76. The Labute approximate surface area is 104 Å². The molecule has 1 aromatic heterocycles. The van der Waals surface area contributed by atoms with Crippen LogP contribution in [0.3, 0.4) is 0 Å². The number of anilines is 2. The molecule has 1 aromatic rings. The molecule has 0 unspecified atom stereocenters. The van der Waals surface area contributed by atoms with Gasteiger partial charge in [0.15, 0.2) is 0 Å². The molecule has 0 atom stereocenters. The van der Waals surface area contributed by atoms with Gasteiger partial charge in [0.25, 0.3) is 0 Å². The lowest BCUT2D eigenvalue weighted by atomic mass is 9.83. The first-order chi connectivity index (χ1) is 8.28. The van der Waals surface area contributed by atoms with E-state index in [9.17, 15) is 0 Å². The smallest absolute Gasteiger partial charge is 0.125 e. The summed E-state index contributed by atoms with van der Waals surface area (Å²) >= 11 is 0. The van der Waals surface area contributed by atoms with Crippen LogP contribution >= 0.6 is 0 Å². The average molecular weight is 233 g/mol. The minimum atomic E-state index is 0.592. The first kappa shape index (κ1) is 12.2. The Bertz CT molecular complexity index is 343. The molecular weight excluding hydrogens is 210 g/mol. The van der Waals surface area contributed by atoms with Crippen molar-refractivity contribution in [3.8, 4) is 0 Å². The van der Waals surface area contributed by atoms with Crippen LogP contribution < -0.4 is 11.1 Å². The zero-order chi connectivity index (χ0) is 12.1. The van der Waals surface area contributed by atoms with Gasteiger partial charge >= 0.3 is 0 Å². The van der Waals surface area contributed by atoms with Crippen LogP contribution in [0.4, 0.5) is 11.5 Å². The van der Waals surface area contributed by atoms with Crippen molar-refractivity contribution in [3.05, 3.63) is 18.3 Å². The maximum Gasteiger partial charge on any atom is 0.125 e. The van der Waals surface area contributed by atoms with Crippen molar-refractivity contribution in [2.75, 3.05) is 11.1 Å². The van der Waals surface area contributed by atoms with E-state index in [2.05, 4.69) is 17.2 Å². The van der Waals surface area contributed by atoms with E-state index >= 15 is 0 Å². The lowest BCUT2D eigenvalue weighted by Crippen LogP contribution is -2.26. The highest BCUT2D eigenvalue weighted by Crippen LogP contribution is 2.29. The Kier molecular flexibility index (Phi) is 4.24. The van der Waals surface area contributed by atoms with Gasteiger partial charge in [-0.05, 0) is 37.7 Å². The molecule has 0 bridgehead atoms.